The van der Waals surface area contributed by atoms with Crippen molar-refractivity contribution in [2.24, 2.45) is 5.14 Å². The lowest BCUT2D eigenvalue weighted by Gasteiger charge is -2.11. The van der Waals surface area contributed by atoms with Gasteiger partial charge in [-0.2, -0.15) is 0 Å². The van der Waals surface area contributed by atoms with Crippen molar-refractivity contribution in [3.05, 3.63) is 63.1 Å². The average molecular weight is 354 g/mol. The Morgan fingerprint density at radius 3 is 2.25 bits per heavy atom. The van der Waals surface area contributed by atoms with Crippen molar-refractivity contribution in [2.75, 3.05) is 0 Å². The minimum absolute atomic E-state index is 0.200. The predicted molar refractivity (Wildman–Crippen MR) is 84.2 cm³/mol. The van der Waals surface area contributed by atoms with Crippen LogP contribution in [0.3, 0.4) is 0 Å². The molecule has 0 aliphatic rings. The lowest BCUT2D eigenvalue weighted by molar-refractivity contribution is 0.596. The van der Waals surface area contributed by atoms with Gasteiger partial charge in [0.05, 0.1) is 4.90 Å². The van der Waals surface area contributed by atoms with E-state index in [1.165, 1.54) is 0 Å². The fraction of sp³-hybridized carbons (Fsp3) is 0.200. The van der Waals surface area contributed by atoms with Crippen LogP contribution >= 0.6 is 15.9 Å². The van der Waals surface area contributed by atoms with Gasteiger partial charge in [0.25, 0.3) is 0 Å². The number of primary sulfonamides is 1. The third-order valence-electron chi connectivity index (χ3n) is 3.11. The van der Waals surface area contributed by atoms with Crippen LogP contribution in [-0.4, -0.2) is 8.42 Å². The molecule has 5 heteroatoms. The number of hydrogen-bond acceptors (Lipinski definition) is 2. The molecule has 3 nitrogen and oxygen atoms in total. The van der Waals surface area contributed by atoms with Crippen LogP contribution in [0.2, 0.25) is 0 Å². The van der Waals surface area contributed by atoms with E-state index in [1.807, 2.05) is 44.2 Å². The Balaban J connectivity index is 2.52. The van der Waals surface area contributed by atoms with Gasteiger partial charge in [0.1, 0.15) is 0 Å². The highest BCUT2D eigenvalue weighted by Crippen LogP contribution is 2.25. The monoisotopic (exact) mass is 353 g/mol. The van der Waals surface area contributed by atoms with Crippen LogP contribution in [0.5, 0.6) is 0 Å². The summed E-state index contributed by atoms with van der Waals surface area (Å²) < 4.78 is 24.4. The third kappa shape index (κ3) is 3.48. The van der Waals surface area contributed by atoms with Gasteiger partial charge >= 0.3 is 0 Å². The molecule has 0 spiro atoms. The summed E-state index contributed by atoms with van der Waals surface area (Å²) in [5.41, 5.74) is 3.76. The molecule has 0 radical (unpaired) electrons. The van der Waals surface area contributed by atoms with Gasteiger partial charge in [0, 0.05) is 4.47 Å². The van der Waals surface area contributed by atoms with Crippen LogP contribution in [0.4, 0.5) is 0 Å². The van der Waals surface area contributed by atoms with Crippen LogP contribution in [-0.2, 0) is 16.4 Å². The Labute approximate surface area is 128 Å². The summed E-state index contributed by atoms with van der Waals surface area (Å²) in [4.78, 5) is 0.200. The molecule has 0 atom stereocenters. The van der Waals surface area contributed by atoms with Crippen molar-refractivity contribution >= 4 is 26.0 Å². The summed E-state index contributed by atoms with van der Waals surface area (Å²) in [5.74, 6) is 0. The quantitative estimate of drug-likeness (QED) is 0.919. The zero-order valence-corrected chi connectivity index (χ0v) is 13.8. The fourth-order valence-corrected chi connectivity index (χ4v) is 3.36. The number of sulfonamides is 1. The Morgan fingerprint density at radius 2 is 1.60 bits per heavy atom. The smallest absolute Gasteiger partial charge is 0.225 e. The van der Waals surface area contributed by atoms with E-state index in [4.69, 9.17) is 5.14 Å². The first-order valence-electron chi connectivity index (χ1n) is 6.15. The topological polar surface area (TPSA) is 60.2 Å². The number of halogens is 1. The van der Waals surface area contributed by atoms with Gasteiger partial charge in [0.2, 0.25) is 10.0 Å². The van der Waals surface area contributed by atoms with E-state index < -0.39 is 10.0 Å². The molecule has 0 unspecified atom stereocenters. The molecule has 0 bridgehead atoms. The van der Waals surface area contributed by atoms with Crippen molar-refractivity contribution in [1.29, 1.82) is 0 Å². The molecule has 0 fully saturated rings. The van der Waals surface area contributed by atoms with Crippen LogP contribution < -0.4 is 5.14 Å². The Bertz CT molecular complexity index is 754. The molecule has 2 aromatic carbocycles. The van der Waals surface area contributed by atoms with E-state index in [-0.39, 0.29) is 4.90 Å². The van der Waals surface area contributed by atoms with Crippen LogP contribution in [0.15, 0.2) is 45.8 Å². The van der Waals surface area contributed by atoms with Gasteiger partial charge in [-0.15, -0.1) is 0 Å². The third-order valence-corrected chi connectivity index (χ3v) is 4.88. The summed E-state index contributed by atoms with van der Waals surface area (Å²) in [6, 6.07) is 11.3. The summed E-state index contributed by atoms with van der Waals surface area (Å²) in [7, 11) is -3.71. The average Bonchev–Trinajstić information content (AvgIpc) is 2.34. The van der Waals surface area contributed by atoms with Gasteiger partial charge < -0.3 is 0 Å². The number of aryl methyl sites for hydroxylation is 2. The highest BCUT2D eigenvalue weighted by atomic mass is 79.9. The molecular weight excluding hydrogens is 338 g/mol. The number of hydrogen-bond donors (Lipinski definition) is 1. The highest BCUT2D eigenvalue weighted by Gasteiger charge is 2.15. The van der Waals surface area contributed by atoms with Crippen molar-refractivity contribution in [3.8, 4) is 0 Å². The molecular formula is C15H16BrNO2S. The lowest BCUT2D eigenvalue weighted by Crippen LogP contribution is -2.15. The van der Waals surface area contributed by atoms with Crippen molar-refractivity contribution in [1.82, 2.24) is 0 Å². The number of benzene rings is 2. The molecule has 0 aromatic heterocycles. The molecule has 0 saturated heterocycles. The Kier molecular flexibility index (Phi) is 4.32. The largest absolute Gasteiger partial charge is 0.238 e. The summed E-state index contributed by atoms with van der Waals surface area (Å²) in [6.45, 7) is 3.85. The van der Waals surface area contributed by atoms with Crippen molar-refractivity contribution < 1.29 is 8.42 Å². The molecule has 0 heterocycles. The summed E-state index contributed by atoms with van der Waals surface area (Å²) in [6.07, 6.45) is 0.522. The summed E-state index contributed by atoms with van der Waals surface area (Å²) in [5, 5.41) is 5.31. The Hall–Kier alpha value is -1.17. The Morgan fingerprint density at radius 1 is 1.00 bits per heavy atom. The van der Waals surface area contributed by atoms with Crippen molar-refractivity contribution in [2.45, 2.75) is 25.2 Å². The second-order valence-corrected chi connectivity index (χ2v) is 7.31. The normalized spacial score (nSPS) is 11.6. The van der Waals surface area contributed by atoms with E-state index in [2.05, 4.69) is 15.9 Å². The van der Waals surface area contributed by atoms with Gasteiger partial charge in [-0.05, 0) is 49.1 Å². The number of rotatable bonds is 3. The van der Waals surface area contributed by atoms with Gasteiger partial charge in [-0.1, -0.05) is 45.8 Å². The van der Waals surface area contributed by atoms with E-state index in [0.717, 1.165) is 21.2 Å². The predicted octanol–water partition coefficient (Wildman–Crippen LogP) is 3.30. The van der Waals surface area contributed by atoms with Crippen LogP contribution in [0, 0.1) is 13.8 Å². The second-order valence-electron chi connectivity index (χ2n) is 4.93. The molecule has 0 saturated carbocycles. The first-order chi connectivity index (χ1) is 9.27. The molecule has 0 aliphatic heterocycles. The zero-order valence-electron chi connectivity index (χ0n) is 11.4. The molecule has 2 aromatic rings. The van der Waals surface area contributed by atoms with E-state index in [1.54, 1.807) is 6.07 Å². The standard InChI is InChI=1S/C15H16BrNO2S/c1-10-4-6-14(16)13(7-10)9-12-5-3-11(2)8-15(12)20(17,18)19/h3-8H,9H2,1-2H3,(H2,17,18,19). The SMILES string of the molecule is Cc1ccc(Br)c(Cc2ccc(C)cc2S(N)(=O)=O)c1. The summed E-state index contributed by atoms with van der Waals surface area (Å²) >= 11 is 3.50. The van der Waals surface area contributed by atoms with E-state index in [0.29, 0.717) is 12.0 Å². The minimum Gasteiger partial charge on any atom is -0.225 e. The minimum atomic E-state index is -3.71. The fourth-order valence-electron chi connectivity index (χ4n) is 2.12. The maximum atomic E-state index is 11.7. The van der Waals surface area contributed by atoms with Crippen LogP contribution in [0.1, 0.15) is 22.3 Å². The van der Waals surface area contributed by atoms with Gasteiger partial charge in [0.15, 0.2) is 0 Å². The van der Waals surface area contributed by atoms with E-state index in [9.17, 15) is 8.42 Å². The molecule has 2 rings (SSSR count). The lowest BCUT2D eigenvalue weighted by atomic mass is 10.0. The highest BCUT2D eigenvalue weighted by molar-refractivity contribution is 9.10. The molecule has 20 heavy (non-hydrogen) atoms. The molecule has 106 valence electrons. The van der Waals surface area contributed by atoms with Crippen LogP contribution in [0.25, 0.3) is 0 Å². The molecule has 0 amide bonds. The first-order valence-corrected chi connectivity index (χ1v) is 8.48. The number of nitrogens with two attached hydrogens (primary N) is 1. The van der Waals surface area contributed by atoms with Crippen molar-refractivity contribution in [3.63, 3.8) is 0 Å². The first kappa shape index (κ1) is 15.2. The van der Waals surface area contributed by atoms with Gasteiger partial charge in [-0.25, -0.2) is 13.6 Å². The second kappa shape index (κ2) is 5.68. The van der Waals surface area contributed by atoms with E-state index >= 15 is 0 Å². The maximum absolute atomic E-state index is 11.7. The molecule has 0 aliphatic carbocycles. The van der Waals surface area contributed by atoms with Gasteiger partial charge in [-0.3, -0.25) is 0 Å². The molecule has 2 N–H and O–H groups in total. The maximum Gasteiger partial charge on any atom is 0.238 e. The zero-order chi connectivity index (χ0) is 14.9.